The van der Waals surface area contributed by atoms with Gasteiger partial charge < -0.3 is 15.1 Å². The number of amides is 1. The second-order valence-corrected chi connectivity index (χ2v) is 6.84. The van der Waals surface area contributed by atoms with E-state index in [1.165, 1.54) is 11.8 Å². The van der Waals surface area contributed by atoms with Gasteiger partial charge in [0.25, 0.3) is 5.91 Å². The van der Waals surface area contributed by atoms with Gasteiger partial charge in [0.15, 0.2) is 0 Å². The van der Waals surface area contributed by atoms with Gasteiger partial charge in [-0.25, -0.2) is 9.97 Å². The lowest BCUT2D eigenvalue weighted by atomic mass is 10.2. The topological polar surface area (TPSA) is 61.4 Å². The Balaban J connectivity index is 1.68. The fourth-order valence-electron chi connectivity index (χ4n) is 2.53. The molecule has 1 fully saturated rings. The van der Waals surface area contributed by atoms with Crippen molar-refractivity contribution in [1.82, 2.24) is 19.8 Å². The minimum Gasteiger partial charge on any atom is -0.338 e. The SMILES string of the molecule is Cc1ccc(Nc2cnc(C(=O)N3CCN(C)CC3)cn2)c(Br)c1. The van der Waals surface area contributed by atoms with Gasteiger partial charge in [0.2, 0.25) is 0 Å². The summed E-state index contributed by atoms with van der Waals surface area (Å²) in [5.41, 5.74) is 2.47. The number of aromatic nitrogens is 2. The summed E-state index contributed by atoms with van der Waals surface area (Å²) in [5, 5.41) is 3.20. The van der Waals surface area contributed by atoms with E-state index in [-0.39, 0.29) is 5.91 Å². The van der Waals surface area contributed by atoms with Crippen LogP contribution in [0.25, 0.3) is 0 Å². The van der Waals surface area contributed by atoms with Crippen molar-refractivity contribution < 1.29 is 4.79 Å². The average molecular weight is 390 g/mol. The van der Waals surface area contributed by atoms with E-state index in [2.05, 4.69) is 43.2 Å². The molecular weight excluding hydrogens is 370 g/mol. The Kier molecular flexibility index (Phi) is 5.11. The zero-order chi connectivity index (χ0) is 17.1. The fourth-order valence-corrected chi connectivity index (χ4v) is 3.13. The maximum absolute atomic E-state index is 12.4. The van der Waals surface area contributed by atoms with Gasteiger partial charge >= 0.3 is 0 Å². The van der Waals surface area contributed by atoms with Crippen LogP contribution in [-0.2, 0) is 0 Å². The van der Waals surface area contributed by atoms with Gasteiger partial charge in [-0.2, -0.15) is 0 Å². The molecule has 126 valence electrons. The second kappa shape index (κ2) is 7.27. The van der Waals surface area contributed by atoms with Crippen LogP contribution in [0.15, 0.2) is 35.1 Å². The predicted molar refractivity (Wildman–Crippen MR) is 97.6 cm³/mol. The van der Waals surface area contributed by atoms with Crippen molar-refractivity contribution in [1.29, 1.82) is 0 Å². The van der Waals surface area contributed by atoms with Crippen molar-refractivity contribution in [2.24, 2.45) is 0 Å². The Labute approximate surface area is 150 Å². The van der Waals surface area contributed by atoms with Crippen molar-refractivity contribution in [3.05, 3.63) is 46.3 Å². The summed E-state index contributed by atoms with van der Waals surface area (Å²) in [6.07, 6.45) is 3.13. The first kappa shape index (κ1) is 16.9. The molecule has 6 nitrogen and oxygen atoms in total. The third-order valence-electron chi connectivity index (χ3n) is 4.05. The molecule has 1 N–H and O–H groups in total. The first-order valence-electron chi connectivity index (χ1n) is 7.86. The van der Waals surface area contributed by atoms with Crippen LogP contribution < -0.4 is 5.32 Å². The molecule has 0 atom stereocenters. The van der Waals surface area contributed by atoms with E-state index in [4.69, 9.17) is 0 Å². The van der Waals surface area contributed by atoms with Gasteiger partial charge in [-0.15, -0.1) is 0 Å². The maximum Gasteiger partial charge on any atom is 0.274 e. The zero-order valence-corrected chi connectivity index (χ0v) is 15.4. The standard InChI is InChI=1S/C17H20BrN5O/c1-12-3-4-14(13(18)9-12)21-16-11-19-15(10-20-16)17(24)23-7-5-22(2)6-8-23/h3-4,9-11H,5-8H2,1-2H3,(H,20,21). The largest absolute Gasteiger partial charge is 0.338 e. The molecule has 0 aliphatic carbocycles. The second-order valence-electron chi connectivity index (χ2n) is 5.99. The number of piperazine rings is 1. The van der Waals surface area contributed by atoms with Crippen LogP contribution in [0.4, 0.5) is 11.5 Å². The van der Waals surface area contributed by atoms with E-state index in [1.54, 1.807) is 6.20 Å². The van der Waals surface area contributed by atoms with Crippen LogP contribution in [-0.4, -0.2) is 58.9 Å². The molecule has 0 saturated carbocycles. The highest BCUT2D eigenvalue weighted by atomic mass is 79.9. The fraction of sp³-hybridized carbons (Fsp3) is 0.353. The third kappa shape index (κ3) is 3.91. The number of hydrogen-bond acceptors (Lipinski definition) is 5. The summed E-state index contributed by atoms with van der Waals surface area (Å²) in [6.45, 7) is 5.27. The summed E-state index contributed by atoms with van der Waals surface area (Å²) < 4.78 is 0.960. The minimum atomic E-state index is -0.0568. The van der Waals surface area contributed by atoms with Crippen molar-refractivity contribution in [2.75, 3.05) is 38.5 Å². The Morgan fingerprint density at radius 2 is 1.92 bits per heavy atom. The Morgan fingerprint density at radius 3 is 2.54 bits per heavy atom. The molecule has 1 aliphatic rings. The van der Waals surface area contributed by atoms with Gasteiger partial charge in [-0.1, -0.05) is 6.07 Å². The van der Waals surface area contributed by atoms with Gasteiger partial charge in [0, 0.05) is 30.7 Å². The monoisotopic (exact) mass is 389 g/mol. The zero-order valence-electron chi connectivity index (χ0n) is 13.8. The number of benzene rings is 1. The highest BCUT2D eigenvalue weighted by Crippen LogP contribution is 2.25. The first-order chi connectivity index (χ1) is 11.5. The number of carbonyl (C=O) groups is 1. The number of aryl methyl sites for hydroxylation is 1. The Bertz CT molecular complexity index is 726. The third-order valence-corrected chi connectivity index (χ3v) is 4.70. The molecule has 1 aromatic carbocycles. The smallest absolute Gasteiger partial charge is 0.274 e. The van der Waals surface area contributed by atoms with Crippen molar-refractivity contribution in [2.45, 2.75) is 6.92 Å². The normalized spacial score (nSPS) is 15.4. The minimum absolute atomic E-state index is 0.0568. The van der Waals surface area contributed by atoms with Gasteiger partial charge in [-0.05, 0) is 47.6 Å². The van der Waals surface area contributed by atoms with Crippen LogP contribution in [0, 0.1) is 6.92 Å². The van der Waals surface area contributed by atoms with Crippen LogP contribution in [0.2, 0.25) is 0 Å². The van der Waals surface area contributed by atoms with Crippen LogP contribution in [0.1, 0.15) is 16.1 Å². The molecule has 1 amide bonds. The molecule has 24 heavy (non-hydrogen) atoms. The number of anilines is 2. The molecule has 0 unspecified atom stereocenters. The molecule has 1 saturated heterocycles. The molecule has 3 rings (SSSR count). The van der Waals surface area contributed by atoms with E-state index in [0.717, 1.165) is 36.3 Å². The van der Waals surface area contributed by atoms with Crippen molar-refractivity contribution >= 4 is 33.3 Å². The van der Waals surface area contributed by atoms with Gasteiger partial charge in [0.1, 0.15) is 11.5 Å². The molecule has 7 heteroatoms. The summed E-state index contributed by atoms with van der Waals surface area (Å²) in [5.74, 6) is 0.549. The number of halogens is 1. The number of nitrogens with zero attached hydrogens (tertiary/aromatic N) is 4. The molecule has 0 bridgehead atoms. The van der Waals surface area contributed by atoms with E-state index in [9.17, 15) is 4.79 Å². The van der Waals surface area contributed by atoms with Gasteiger partial charge in [-0.3, -0.25) is 4.79 Å². The van der Waals surface area contributed by atoms with Crippen LogP contribution in [0.3, 0.4) is 0 Å². The van der Waals surface area contributed by atoms with E-state index >= 15 is 0 Å². The number of nitrogens with one attached hydrogen (secondary N) is 1. The highest BCUT2D eigenvalue weighted by molar-refractivity contribution is 9.10. The lowest BCUT2D eigenvalue weighted by Crippen LogP contribution is -2.47. The number of hydrogen-bond donors (Lipinski definition) is 1. The molecule has 0 radical (unpaired) electrons. The lowest BCUT2D eigenvalue weighted by molar-refractivity contribution is 0.0658. The van der Waals surface area contributed by atoms with Crippen LogP contribution >= 0.6 is 15.9 Å². The highest BCUT2D eigenvalue weighted by Gasteiger charge is 2.21. The van der Waals surface area contributed by atoms with Crippen molar-refractivity contribution in [3.8, 4) is 0 Å². The number of rotatable bonds is 3. The van der Waals surface area contributed by atoms with E-state index in [0.29, 0.717) is 11.5 Å². The summed E-state index contributed by atoms with van der Waals surface area (Å²) in [7, 11) is 2.06. The molecule has 0 spiro atoms. The average Bonchev–Trinajstić information content (AvgIpc) is 2.58. The molecule has 1 aromatic heterocycles. The first-order valence-corrected chi connectivity index (χ1v) is 8.65. The Morgan fingerprint density at radius 1 is 1.17 bits per heavy atom. The molecule has 1 aliphatic heterocycles. The van der Waals surface area contributed by atoms with E-state index in [1.807, 2.05) is 30.0 Å². The van der Waals surface area contributed by atoms with Crippen LogP contribution in [0.5, 0.6) is 0 Å². The maximum atomic E-state index is 12.4. The van der Waals surface area contributed by atoms with E-state index < -0.39 is 0 Å². The molecule has 2 heterocycles. The summed E-state index contributed by atoms with van der Waals surface area (Å²) in [4.78, 5) is 25.1. The number of likely N-dealkylation sites (N-methyl/N-ethyl adjacent to an activating group) is 1. The number of carbonyl (C=O) groups excluding carboxylic acids is 1. The molecular formula is C17H20BrN5O. The Hall–Kier alpha value is -1.99. The summed E-state index contributed by atoms with van der Waals surface area (Å²) in [6, 6.07) is 6.03. The summed E-state index contributed by atoms with van der Waals surface area (Å²) >= 11 is 3.52. The molecule has 2 aromatic rings. The quantitative estimate of drug-likeness (QED) is 0.873. The lowest BCUT2D eigenvalue weighted by Gasteiger charge is -2.32. The van der Waals surface area contributed by atoms with Gasteiger partial charge in [0.05, 0.1) is 18.1 Å². The predicted octanol–water partition coefficient (Wildman–Crippen LogP) is 2.68. The van der Waals surface area contributed by atoms with Crippen molar-refractivity contribution in [3.63, 3.8) is 0 Å².